The number of piperazine rings is 1. The summed E-state index contributed by atoms with van der Waals surface area (Å²) >= 11 is 0. The van der Waals surface area contributed by atoms with E-state index in [0.717, 1.165) is 29.8 Å². The van der Waals surface area contributed by atoms with Crippen molar-refractivity contribution in [1.82, 2.24) is 4.90 Å². The van der Waals surface area contributed by atoms with Crippen molar-refractivity contribution in [3.63, 3.8) is 0 Å². The van der Waals surface area contributed by atoms with Crippen LogP contribution < -0.4 is 4.90 Å². The number of fused-ring (bicyclic) bond motifs is 1. The van der Waals surface area contributed by atoms with Gasteiger partial charge in [-0.05, 0) is 63.1 Å². The van der Waals surface area contributed by atoms with E-state index >= 15 is 0 Å². The fourth-order valence-electron chi connectivity index (χ4n) is 4.04. The second-order valence-corrected chi connectivity index (χ2v) is 6.57. The molecule has 3 heteroatoms. The Morgan fingerprint density at radius 2 is 2.17 bits per heavy atom. The maximum absolute atomic E-state index is 9.30. The van der Waals surface area contributed by atoms with Gasteiger partial charge in [-0.25, -0.2) is 0 Å². The van der Waals surface area contributed by atoms with Crippen LogP contribution in [-0.2, 0) is 0 Å². The lowest BCUT2D eigenvalue weighted by atomic mass is 9.98. The van der Waals surface area contributed by atoms with Crippen LogP contribution in [0.3, 0.4) is 0 Å². The molecule has 1 aromatic rings. The predicted molar refractivity (Wildman–Crippen MR) is 95.2 cm³/mol. The number of nitriles is 1. The molecule has 0 saturated carbocycles. The topological polar surface area (TPSA) is 30.3 Å². The smallest absolute Gasteiger partial charge is 0.0994 e. The first-order valence-corrected chi connectivity index (χ1v) is 8.32. The molecule has 0 spiro atoms. The maximum Gasteiger partial charge on any atom is 0.0994 e. The molecule has 0 radical (unpaired) electrons. The third kappa shape index (κ3) is 2.85. The van der Waals surface area contributed by atoms with E-state index in [1.54, 1.807) is 6.08 Å². The Labute approximate surface area is 139 Å². The zero-order valence-electron chi connectivity index (χ0n) is 13.9. The Hall–Kier alpha value is -2.23. The minimum absolute atomic E-state index is 0.566. The van der Waals surface area contributed by atoms with Crippen molar-refractivity contribution >= 4 is 11.8 Å². The van der Waals surface area contributed by atoms with Crippen LogP contribution in [-0.4, -0.2) is 36.6 Å². The van der Waals surface area contributed by atoms with Crippen molar-refractivity contribution in [2.45, 2.75) is 38.8 Å². The lowest BCUT2D eigenvalue weighted by molar-refractivity contribution is 0.166. The summed E-state index contributed by atoms with van der Waals surface area (Å²) in [5, 5.41) is 9.30. The number of allylic oxidation sites excluding steroid dienone is 1. The third-order valence-corrected chi connectivity index (χ3v) is 5.20. The summed E-state index contributed by atoms with van der Waals surface area (Å²) in [6, 6.07) is 7.51. The van der Waals surface area contributed by atoms with Gasteiger partial charge in [0.25, 0.3) is 0 Å². The molecule has 2 aliphatic rings. The Morgan fingerprint density at radius 3 is 2.91 bits per heavy atom. The zero-order chi connectivity index (χ0) is 16.4. The van der Waals surface area contributed by atoms with Gasteiger partial charge in [-0.1, -0.05) is 5.92 Å². The molecule has 3 rings (SSSR count). The molecule has 2 fully saturated rings. The number of hydrogen-bond acceptors (Lipinski definition) is 3. The Balaban J connectivity index is 1.99. The van der Waals surface area contributed by atoms with Crippen molar-refractivity contribution in [3.8, 4) is 18.4 Å². The summed E-state index contributed by atoms with van der Waals surface area (Å²) in [6.45, 7) is 7.65. The van der Waals surface area contributed by atoms with E-state index in [2.05, 4.69) is 34.8 Å². The molecule has 2 heterocycles. The van der Waals surface area contributed by atoms with Gasteiger partial charge in [-0.3, -0.25) is 4.90 Å². The van der Waals surface area contributed by atoms with E-state index in [9.17, 15) is 5.26 Å². The van der Waals surface area contributed by atoms with Crippen LogP contribution in [0.1, 0.15) is 36.5 Å². The molecule has 2 unspecified atom stereocenters. The van der Waals surface area contributed by atoms with Crippen molar-refractivity contribution in [2.24, 2.45) is 0 Å². The van der Waals surface area contributed by atoms with E-state index < -0.39 is 0 Å². The van der Waals surface area contributed by atoms with Gasteiger partial charge in [-0.15, -0.1) is 6.42 Å². The molecule has 2 atom stereocenters. The van der Waals surface area contributed by atoms with Gasteiger partial charge < -0.3 is 4.90 Å². The van der Waals surface area contributed by atoms with E-state index in [1.165, 1.54) is 25.1 Å². The summed E-state index contributed by atoms with van der Waals surface area (Å²) in [6.07, 6.45) is 11.7. The minimum Gasteiger partial charge on any atom is -0.368 e. The molecule has 2 saturated heterocycles. The van der Waals surface area contributed by atoms with E-state index in [1.807, 2.05) is 19.1 Å². The SMILES string of the molecule is C#C/C=C\c1c(N2CC(C)N3CCCC3C2)ccc(C#N)c1C. The minimum atomic E-state index is 0.566. The van der Waals surface area contributed by atoms with Crippen molar-refractivity contribution in [3.05, 3.63) is 34.9 Å². The van der Waals surface area contributed by atoms with E-state index in [0.29, 0.717) is 12.1 Å². The molecule has 2 aliphatic heterocycles. The Bertz CT molecular complexity index is 705. The summed E-state index contributed by atoms with van der Waals surface area (Å²) in [4.78, 5) is 5.12. The molecule has 0 bridgehead atoms. The largest absolute Gasteiger partial charge is 0.368 e. The van der Waals surface area contributed by atoms with E-state index in [4.69, 9.17) is 6.42 Å². The standard InChI is InChI=1S/C20H23N3/c1-4-5-8-19-16(3)17(12-21)9-10-20(19)22-13-15(2)23-11-6-7-18(23)14-22/h1,5,8-10,15,18H,6-7,11,13-14H2,2-3H3/b8-5-. The molecule has 23 heavy (non-hydrogen) atoms. The van der Waals surface area contributed by atoms with Crippen molar-refractivity contribution < 1.29 is 0 Å². The molecule has 0 aromatic heterocycles. The Kier molecular flexibility index (Phi) is 4.42. The van der Waals surface area contributed by atoms with Gasteiger partial charge >= 0.3 is 0 Å². The number of anilines is 1. The van der Waals surface area contributed by atoms with Crippen LogP contribution in [0.5, 0.6) is 0 Å². The lowest BCUT2D eigenvalue weighted by Gasteiger charge is -2.44. The second kappa shape index (κ2) is 6.49. The van der Waals surface area contributed by atoms with Crippen LogP contribution in [0.4, 0.5) is 5.69 Å². The summed E-state index contributed by atoms with van der Waals surface area (Å²) < 4.78 is 0. The van der Waals surface area contributed by atoms with Gasteiger partial charge in [0.05, 0.1) is 11.6 Å². The van der Waals surface area contributed by atoms with Crippen LogP contribution in [0.2, 0.25) is 0 Å². The average molecular weight is 305 g/mol. The normalized spacial score (nSPS) is 24.4. The number of benzene rings is 1. The van der Waals surface area contributed by atoms with Crippen LogP contribution in [0.25, 0.3) is 6.08 Å². The van der Waals surface area contributed by atoms with Gasteiger partial charge in [0.1, 0.15) is 0 Å². The number of hydrogen-bond donors (Lipinski definition) is 0. The van der Waals surface area contributed by atoms with Crippen LogP contribution in [0.15, 0.2) is 18.2 Å². The summed E-state index contributed by atoms with van der Waals surface area (Å²) in [5.74, 6) is 2.57. The molecule has 3 nitrogen and oxygen atoms in total. The summed E-state index contributed by atoms with van der Waals surface area (Å²) in [5.41, 5.74) is 4.02. The highest BCUT2D eigenvalue weighted by Crippen LogP contribution is 2.33. The first kappa shape index (κ1) is 15.7. The molecular weight excluding hydrogens is 282 g/mol. The maximum atomic E-state index is 9.30. The van der Waals surface area contributed by atoms with Gasteiger partial charge in [0, 0.05) is 36.4 Å². The number of rotatable bonds is 2. The molecular formula is C20H23N3. The van der Waals surface area contributed by atoms with Crippen LogP contribution in [0, 0.1) is 30.6 Å². The van der Waals surface area contributed by atoms with Gasteiger partial charge in [0.15, 0.2) is 0 Å². The lowest BCUT2D eigenvalue weighted by Crippen LogP contribution is -2.55. The monoisotopic (exact) mass is 305 g/mol. The predicted octanol–water partition coefficient (Wildman–Crippen LogP) is 3.19. The first-order chi connectivity index (χ1) is 11.2. The highest BCUT2D eigenvalue weighted by molar-refractivity contribution is 5.74. The molecule has 1 aromatic carbocycles. The quantitative estimate of drug-likeness (QED) is 0.786. The molecule has 0 N–H and O–H groups in total. The average Bonchev–Trinajstić information content (AvgIpc) is 3.02. The fourth-order valence-corrected chi connectivity index (χ4v) is 4.04. The van der Waals surface area contributed by atoms with E-state index in [-0.39, 0.29) is 0 Å². The molecule has 0 aliphatic carbocycles. The zero-order valence-corrected chi connectivity index (χ0v) is 13.9. The molecule has 118 valence electrons. The highest BCUT2D eigenvalue weighted by atomic mass is 15.3. The highest BCUT2D eigenvalue weighted by Gasteiger charge is 2.35. The summed E-state index contributed by atoms with van der Waals surface area (Å²) in [7, 11) is 0. The van der Waals surface area contributed by atoms with Crippen LogP contribution >= 0.6 is 0 Å². The molecule has 0 amide bonds. The fraction of sp³-hybridized carbons (Fsp3) is 0.450. The van der Waals surface area contributed by atoms with Gasteiger partial charge in [-0.2, -0.15) is 5.26 Å². The van der Waals surface area contributed by atoms with Gasteiger partial charge in [0.2, 0.25) is 0 Å². The van der Waals surface area contributed by atoms with Crippen molar-refractivity contribution in [1.29, 1.82) is 5.26 Å². The number of terminal acetylenes is 1. The number of nitrogens with zero attached hydrogens (tertiary/aromatic N) is 3. The third-order valence-electron chi connectivity index (χ3n) is 5.20. The first-order valence-electron chi connectivity index (χ1n) is 8.32. The second-order valence-electron chi connectivity index (χ2n) is 6.57. The Morgan fingerprint density at radius 1 is 1.35 bits per heavy atom. The van der Waals surface area contributed by atoms with Crippen molar-refractivity contribution in [2.75, 3.05) is 24.5 Å².